The Balaban J connectivity index is 1.15. The van der Waals surface area contributed by atoms with Crippen LogP contribution in [0.2, 0.25) is 0 Å². The van der Waals surface area contributed by atoms with Gasteiger partial charge in [-0.05, 0) is 35.0 Å². The SMILES string of the molecule is O=C(COc1ccc2ccccc2c1)N1CCC(Oc2cccc3cccnc23)CC1. The van der Waals surface area contributed by atoms with Crippen LogP contribution in [0.15, 0.2) is 79.0 Å². The molecule has 4 aromatic rings. The summed E-state index contributed by atoms with van der Waals surface area (Å²) in [6.07, 6.45) is 3.46. The molecule has 0 unspecified atom stereocenters. The number of carbonyl (C=O) groups is 1. The minimum absolute atomic E-state index is 0.0124. The van der Waals surface area contributed by atoms with Gasteiger partial charge in [-0.3, -0.25) is 9.78 Å². The normalized spacial score (nSPS) is 14.6. The van der Waals surface area contributed by atoms with E-state index in [1.807, 2.05) is 71.6 Å². The summed E-state index contributed by atoms with van der Waals surface area (Å²) < 4.78 is 12.0. The summed E-state index contributed by atoms with van der Waals surface area (Å²) in [6.45, 7) is 1.39. The van der Waals surface area contributed by atoms with Crippen molar-refractivity contribution in [2.45, 2.75) is 18.9 Å². The van der Waals surface area contributed by atoms with E-state index in [0.717, 1.165) is 40.3 Å². The second kappa shape index (κ2) is 8.64. The molecule has 3 aromatic carbocycles. The zero-order chi connectivity index (χ0) is 21.0. The van der Waals surface area contributed by atoms with Crippen molar-refractivity contribution in [1.82, 2.24) is 9.88 Å². The molecule has 156 valence electrons. The molecule has 0 spiro atoms. The summed E-state index contributed by atoms with van der Waals surface area (Å²) in [6, 6.07) is 24.0. The van der Waals surface area contributed by atoms with Crippen LogP contribution in [-0.4, -0.2) is 41.6 Å². The summed E-state index contributed by atoms with van der Waals surface area (Å²) >= 11 is 0. The number of piperidine rings is 1. The summed E-state index contributed by atoms with van der Waals surface area (Å²) in [5.74, 6) is 1.54. The van der Waals surface area contributed by atoms with Crippen molar-refractivity contribution in [3.8, 4) is 11.5 Å². The predicted molar refractivity (Wildman–Crippen MR) is 121 cm³/mol. The number of pyridine rings is 1. The number of para-hydroxylation sites is 1. The van der Waals surface area contributed by atoms with Crippen LogP contribution in [0.4, 0.5) is 0 Å². The van der Waals surface area contributed by atoms with Gasteiger partial charge in [0.05, 0.1) is 0 Å². The molecule has 5 nitrogen and oxygen atoms in total. The molecule has 31 heavy (non-hydrogen) atoms. The Morgan fingerprint density at radius 2 is 1.68 bits per heavy atom. The standard InChI is InChI=1S/C26H24N2O3/c29-25(18-30-23-11-10-19-5-1-2-6-21(19)17-23)28-15-12-22(13-16-28)31-24-9-3-7-20-8-4-14-27-26(20)24/h1-11,14,17,22H,12-13,15-16,18H2. The molecule has 0 radical (unpaired) electrons. The Labute approximate surface area is 181 Å². The van der Waals surface area contributed by atoms with E-state index in [0.29, 0.717) is 18.8 Å². The number of rotatable bonds is 5. The van der Waals surface area contributed by atoms with Gasteiger partial charge >= 0.3 is 0 Å². The van der Waals surface area contributed by atoms with Gasteiger partial charge in [0.15, 0.2) is 6.61 Å². The van der Waals surface area contributed by atoms with Gasteiger partial charge in [0.2, 0.25) is 0 Å². The topological polar surface area (TPSA) is 51.7 Å². The molecule has 5 heteroatoms. The Morgan fingerprint density at radius 1 is 0.903 bits per heavy atom. The molecule has 1 aromatic heterocycles. The molecule has 1 aliphatic rings. The number of amides is 1. The molecular formula is C26H24N2O3. The Kier molecular flexibility index (Phi) is 5.40. The maximum absolute atomic E-state index is 12.6. The molecule has 1 aliphatic heterocycles. The molecule has 0 bridgehead atoms. The van der Waals surface area contributed by atoms with Crippen molar-refractivity contribution in [3.05, 3.63) is 79.0 Å². The van der Waals surface area contributed by atoms with E-state index >= 15 is 0 Å². The van der Waals surface area contributed by atoms with Crippen LogP contribution in [0.1, 0.15) is 12.8 Å². The smallest absolute Gasteiger partial charge is 0.260 e. The van der Waals surface area contributed by atoms with Gasteiger partial charge in [0.25, 0.3) is 5.91 Å². The van der Waals surface area contributed by atoms with E-state index < -0.39 is 0 Å². The summed E-state index contributed by atoms with van der Waals surface area (Å²) in [4.78, 5) is 18.9. The summed E-state index contributed by atoms with van der Waals surface area (Å²) in [5.41, 5.74) is 0.882. The summed E-state index contributed by atoms with van der Waals surface area (Å²) in [7, 11) is 0. The predicted octanol–water partition coefficient (Wildman–Crippen LogP) is 4.84. The highest BCUT2D eigenvalue weighted by Crippen LogP contribution is 2.26. The maximum atomic E-state index is 12.6. The Bertz CT molecular complexity index is 1210. The van der Waals surface area contributed by atoms with E-state index in [4.69, 9.17) is 9.47 Å². The lowest BCUT2D eigenvalue weighted by Crippen LogP contribution is -2.43. The third-order valence-electron chi connectivity index (χ3n) is 5.77. The monoisotopic (exact) mass is 412 g/mol. The molecule has 0 aliphatic carbocycles. The molecule has 5 rings (SSSR count). The molecule has 0 N–H and O–H groups in total. The van der Waals surface area contributed by atoms with Crippen LogP contribution in [-0.2, 0) is 4.79 Å². The summed E-state index contributed by atoms with van der Waals surface area (Å²) in [5, 5.41) is 3.33. The number of likely N-dealkylation sites (tertiary alicyclic amines) is 1. The highest BCUT2D eigenvalue weighted by Gasteiger charge is 2.24. The van der Waals surface area contributed by atoms with Gasteiger partial charge in [0, 0.05) is 37.5 Å². The van der Waals surface area contributed by atoms with Gasteiger partial charge in [-0.2, -0.15) is 0 Å². The first-order chi connectivity index (χ1) is 15.3. The first-order valence-corrected chi connectivity index (χ1v) is 10.7. The quantitative estimate of drug-likeness (QED) is 0.471. The van der Waals surface area contributed by atoms with Crippen LogP contribution < -0.4 is 9.47 Å². The van der Waals surface area contributed by atoms with Crippen molar-refractivity contribution < 1.29 is 14.3 Å². The number of carbonyl (C=O) groups excluding carboxylic acids is 1. The molecule has 2 heterocycles. The molecule has 1 fully saturated rings. The van der Waals surface area contributed by atoms with Crippen molar-refractivity contribution in [1.29, 1.82) is 0 Å². The van der Waals surface area contributed by atoms with Crippen LogP contribution in [0.25, 0.3) is 21.7 Å². The van der Waals surface area contributed by atoms with Gasteiger partial charge in [0.1, 0.15) is 23.1 Å². The number of hydrogen-bond acceptors (Lipinski definition) is 4. The van der Waals surface area contributed by atoms with Crippen LogP contribution in [0.5, 0.6) is 11.5 Å². The zero-order valence-corrected chi connectivity index (χ0v) is 17.2. The fourth-order valence-corrected chi connectivity index (χ4v) is 4.07. The van der Waals surface area contributed by atoms with Gasteiger partial charge in [-0.25, -0.2) is 0 Å². The number of benzene rings is 3. The Hall–Kier alpha value is -3.60. The van der Waals surface area contributed by atoms with E-state index in [-0.39, 0.29) is 18.6 Å². The first kappa shape index (κ1) is 19.4. The van der Waals surface area contributed by atoms with Gasteiger partial charge in [-0.15, -0.1) is 0 Å². The molecule has 1 amide bonds. The first-order valence-electron chi connectivity index (χ1n) is 10.7. The average molecular weight is 412 g/mol. The van der Waals surface area contributed by atoms with E-state index in [1.54, 1.807) is 6.20 Å². The fraction of sp³-hybridized carbons (Fsp3) is 0.231. The average Bonchev–Trinajstić information content (AvgIpc) is 2.83. The number of ether oxygens (including phenoxy) is 2. The molecule has 0 atom stereocenters. The third-order valence-corrected chi connectivity index (χ3v) is 5.77. The van der Waals surface area contributed by atoms with Crippen molar-refractivity contribution in [3.63, 3.8) is 0 Å². The number of aromatic nitrogens is 1. The number of nitrogens with zero attached hydrogens (tertiary/aromatic N) is 2. The number of fused-ring (bicyclic) bond motifs is 2. The molecule has 0 saturated carbocycles. The molecule has 1 saturated heterocycles. The highest BCUT2D eigenvalue weighted by molar-refractivity contribution is 5.85. The molecular weight excluding hydrogens is 388 g/mol. The second-order valence-corrected chi connectivity index (χ2v) is 7.83. The van der Waals surface area contributed by atoms with Crippen LogP contribution in [0.3, 0.4) is 0 Å². The second-order valence-electron chi connectivity index (χ2n) is 7.83. The lowest BCUT2D eigenvalue weighted by atomic mass is 10.1. The highest BCUT2D eigenvalue weighted by atomic mass is 16.5. The lowest BCUT2D eigenvalue weighted by molar-refractivity contribution is -0.135. The van der Waals surface area contributed by atoms with E-state index in [1.165, 1.54) is 0 Å². The fourth-order valence-electron chi connectivity index (χ4n) is 4.07. The lowest BCUT2D eigenvalue weighted by Gasteiger charge is -2.32. The van der Waals surface area contributed by atoms with Crippen LogP contribution in [0, 0.1) is 0 Å². The van der Waals surface area contributed by atoms with E-state index in [9.17, 15) is 4.79 Å². The van der Waals surface area contributed by atoms with Gasteiger partial charge < -0.3 is 14.4 Å². The zero-order valence-electron chi connectivity index (χ0n) is 17.2. The minimum Gasteiger partial charge on any atom is -0.488 e. The Morgan fingerprint density at radius 3 is 2.55 bits per heavy atom. The minimum atomic E-state index is 0.0124. The van der Waals surface area contributed by atoms with E-state index in [2.05, 4.69) is 11.1 Å². The van der Waals surface area contributed by atoms with Crippen LogP contribution >= 0.6 is 0 Å². The number of hydrogen-bond donors (Lipinski definition) is 0. The van der Waals surface area contributed by atoms with Crippen molar-refractivity contribution >= 4 is 27.6 Å². The van der Waals surface area contributed by atoms with Crippen molar-refractivity contribution in [2.24, 2.45) is 0 Å². The maximum Gasteiger partial charge on any atom is 0.260 e. The van der Waals surface area contributed by atoms with Crippen molar-refractivity contribution in [2.75, 3.05) is 19.7 Å². The largest absolute Gasteiger partial charge is 0.488 e. The third kappa shape index (κ3) is 4.31. The van der Waals surface area contributed by atoms with Gasteiger partial charge in [-0.1, -0.05) is 48.5 Å².